The van der Waals surface area contributed by atoms with Crippen LogP contribution in [-0.4, -0.2) is 53.2 Å². The van der Waals surface area contributed by atoms with Crippen molar-refractivity contribution in [2.45, 2.75) is 97.0 Å². The second-order valence-corrected chi connectivity index (χ2v) is 12.7. The molecule has 3 aliphatic rings. The fourth-order valence-electron chi connectivity index (χ4n) is 5.25. The van der Waals surface area contributed by atoms with Gasteiger partial charge in [-0.2, -0.15) is 0 Å². The molecule has 1 saturated heterocycles. The van der Waals surface area contributed by atoms with Crippen LogP contribution in [0.25, 0.3) is 0 Å². The lowest BCUT2D eigenvalue weighted by Crippen LogP contribution is -2.50. The fourth-order valence-corrected chi connectivity index (χ4v) is 6.09. The van der Waals surface area contributed by atoms with Crippen LogP contribution in [-0.2, 0) is 14.3 Å². The smallest absolute Gasteiger partial charge is 0.348 e. The van der Waals surface area contributed by atoms with Crippen LogP contribution in [0.3, 0.4) is 0 Å². The van der Waals surface area contributed by atoms with Crippen LogP contribution in [0.2, 0.25) is 0 Å². The van der Waals surface area contributed by atoms with Crippen LogP contribution >= 0.6 is 11.3 Å². The first kappa shape index (κ1) is 27.8. The quantitative estimate of drug-likeness (QED) is 0.293. The molecule has 2 heterocycles. The fraction of sp³-hybridized carbons (Fsp3) is 0.655. The highest BCUT2D eigenvalue weighted by Gasteiger charge is 2.42. The normalized spacial score (nSPS) is 28.2. The zero-order chi connectivity index (χ0) is 26.8. The number of aromatic carboxylic acids is 1. The molecule has 1 saturated carbocycles. The van der Waals surface area contributed by atoms with Crippen LogP contribution in [0, 0.1) is 23.2 Å². The average molecular weight is 530 g/mol. The molecule has 0 unspecified atom stereocenters. The molecule has 2 atom stereocenters. The molecular formula is C29H39NO6S. The van der Waals surface area contributed by atoms with E-state index in [9.17, 15) is 19.8 Å². The molecule has 1 aliphatic heterocycles. The highest BCUT2D eigenvalue weighted by Crippen LogP contribution is 2.40. The third-order valence-electron chi connectivity index (χ3n) is 7.33. The summed E-state index contributed by atoms with van der Waals surface area (Å²) in [4.78, 5) is 28.8. The van der Waals surface area contributed by atoms with Crippen LogP contribution in [0.1, 0.15) is 93.6 Å². The first-order chi connectivity index (χ1) is 17.4. The summed E-state index contributed by atoms with van der Waals surface area (Å²) in [6, 6.07) is 1.54. The van der Waals surface area contributed by atoms with Crippen molar-refractivity contribution < 1.29 is 29.3 Å². The van der Waals surface area contributed by atoms with Gasteiger partial charge in [0.15, 0.2) is 5.79 Å². The summed E-state index contributed by atoms with van der Waals surface area (Å²) in [5.41, 5.74) is 1.48. The number of amides is 1. The minimum Gasteiger partial charge on any atom is -0.477 e. The minimum absolute atomic E-state index is 0.0417. The van der Waals surface area contributed by atoms with Crippen molar-refractivity contribution in [2.75, 3.05) is 18.1 Å². The van der Waals surface area contributed by atoms with Gasteiger partial charge in [-0.25, -0.2) is 4.79 Å². The highest BCUT2D eigenvalue weighted by molar-refractivity contribution is 7.15. The highest BCUT2D eigenvalue weighted by atomic mass is 32.1. The van der Waals surface area contributed by atoms with Crippen molar-refractivity contribution in [3.63, 3.8) is 0 Å². The molecule has 8 heteroatoms. The number of nitrogens with zero attached hydrogens (tertiary/aromatic N) is 1. The van der Waals surface area contributed by atoms with E-state index in [1.807, 2.05) is 20.8 Å². The summed E-state index contributed by atoms with van der Waals surface area (Å²) < 4.78 is 11.4. The molecule has 2 N–H and O–H groups in total. The number of allylic oxidation sites excluding steroid dienone is 2. The van der Waals surface area contributed by atoms with Crippen molar-refractivity contribution in [1.29, 1.82) is 0 Å². The van der Waals surface area contributed by atoms with Gasteiger partial charge in [-0.15, -0.1) is 11.3 Å². The molecule has 1 aromatic rings. The Kier molecular flexibility index (Phi) is 8.49. The van der Waals surface area contributed by atoms with Gasteiger partial charge in [-0.05, 0) is 72.3 Å². The molecule has 0 radical (unpaired) electrons. The summed E-state index contributed by atoms with van der Waals surface area (Å²) >= 11 is 1.12. The van der Waals surface area contributed by atoms with Gasteiger partial charge in [0.05, 0.1) is 23.3 Å². The van der Waals surface area contributed by atoms with Crippen molar-refractivity contribution in [1.82, 2.24) is 0 Å². The SMILES string of the molecule is CC1=CC[C@@H](C(=O)N(c2cc(C#CC(C)(C)C)sc2C(=O)O)[C@H]2CC[C@](O)(O[C@@H]3CCOC3)CC2)CC1. The van der Waals surface area contributed by atoms with Crippen molar-refractivity contribution >= 4 is 28.9 Å². The lowest BCUT2D eigenvalue weighted by atomic mass is 9.85. The van der Waals surface area contributed by atoms with Crippen LogP contribution in [0.4, 0.5) is 5.69 Å². The first-order valence-corrected chi connectivity index (χ1v) is 14.1. The molecule has 37 heavy (non-hydrogen) atoms. The third kappa shape index (κ3) is 7.02. The van der Waals surface area contributed by atoms with E-state index in [0.717, 1.165) is 30.6 Å². The van der Waals surface area contributed by atoms with E-state index in [0.29, 0.717) is 55.9 Å². The number of aliphatic hydroxyl groups is 1. The zero-order valence-electron chi connectivity index (χ0n) is 22.3. The monoisotopic (exact) mass is 529 g/mol. The van der Waals surface area contributed by atoms with E-state index in [4.69, 9.17) is 9.47 Å². The molecule has 2 aliphatic carbocycles. The number of hydrogen-bond acceptors (Lipinski definition) is 6. The van der Waals surface area contributed by atoms with Crippen LogP contribution < -0.4 is 4.90 Å². The molecular weight excluding hydrogens is 490 g/mol. The summed E-state index contributed by atoms with van der Waals surface area (Å²) in [6.07, 6.45) is 6.85. The maximum Gasteiger partial charge on any atom is 0.348 e. The number of rotatable bonds is 6. The van der Waals surface area contributed by atoms with E-state index >= 15 is 0 Å². The Bertz CT molecular complexity index is 1090. The third-order valence-corrected chi connectivity index (χ3v) is 8.35. The maximum atomic E-state index is 14.0. The zero-order valence-corrected chi connectivity index (χ0v) is 23.2. The van der Waals surface area contributed by atoms with Gasteiger partial charge < -0.3 is 24.6 Å². The topological polar surface area (TPSA) is 96.3 Å². The van der Waals surface area contributed by atoms with Gasteiger partial charge >= 0.3 is 5.97 Å². The Labute approximate surface area is 223 Å². The Morgan fingerprint density at radius 2 is 1.95 bits per heavy atom. The maximum absolute atomic E-state index is 14.0. The van der Waals surface area contributed by atoms with E-state index < -0.39 is 11.8 Å². The van der Waals surface area contributed by atoms with Crippen molar-refractivity contribution in [2.24, 2.45) is 11.3 Å². The second-order valence-electron chi connectivity index (χ2n) is 11.6. The van der Waals surface area contributed by atoms with Gasteiger partial charge in [-0.1, -0.05) is 23.5 Å². The molecule has 202 valence electrons. The Hall–Kier alpha value is -2.18. The predicted octanol–water partition coefficient (Wildman–Crippen LogP) is 5.36. The number of carbonyl (C=O) groups is 2. The van der Waals surface area contributed by atoms with Gasteiger partial charge in [0, 0.05) is 36.8 Å². The molecule has 0 aromatic carbocycles. The molecule has 4 rings (SSSR count). The number of hydrogen-bond donors (Lipinski definition) is 2. The molecule has 1 aromatic heterocycles. The molecule has 0 bridgehead atoms. The molecule has 2 fully saturated rings. The van der Waals surface area contributed by atoms with E-state index in [1.165, 1.54) is 5.57 Å². The first-order valence-electron chi connectivity index (χ1n) is 13.3. The number of carbonyl (C=O) groups excluding carboxylic acids is 1. The van der Waals surface area contributed by atoms with Gasteiger partial charge in [0.1, 0.15) is 4.88 Å². The predicted molar refractivity (Wildman–Crippen MR) is 144 cm³/mol. The molecule has 0 spiro atoms. The largest absolute Gasteiger partial charge is 0.477 e. The standard InChI is InChI=1S/C29H39NO6S/c1-19-5-7-20(8-6-19)26(31)30(21-9-14-29(34,15-10-21)36-22-12-16-35-18-22)24-17-23(11-13-28(2,3)4)37-25(24)27(32)33/h5,17,20-22,34H,6-10,12,14-16,18H2,1-4H3,(H,32,33)/t20-,21-,22-,29-/m1/s1. The van der Waals surface area contributed by atoms with Crippen LogP contribution in [0.15, 0.2) is 17.7 Å². The molecule has 1 amide bonds. The average Bonchev–Trinajstić information content (AvgIpc) is 3.49. The van der Waals surface area contributed by atoms with Crippen LogP contribution in [0.5, 0.6) is 0 Å². The van der Waals surface area contributed by atoms with Crippen molar-refractivity contribution in [3.8, 4) is 11.8 Å². The summed E-state index contributed by atoms with van der Waals surface area (Å²) in [7, 11) is 0. The lowest BCUT2D eigenvalue weighted by molar-refractivity contribution is -0.245. The number of carboxylic acids is 1. The summed E-state index contributed by atoms with van der Waals surface area (Å²) in [5.74, 6) is 3.76. The van der Waals surface area contributed by atoms with E-state index in [2.05, 4.69) is 24.8 Å². The van der Waals surface area contributed by atoms with Gasteiger partial charge in [0.25, 0.3) is 0 Å². The summed E-state index contributed by atoms with van der Waals surface area (Å²) in [6.45, 7) is 9.22. The van der Waals surface area contributed by atoms with Crippen molar-refractivity contribution in [3.05, 3.63) is 27.5 Å². The lowest BCUT2D eigenvalue weighted by Gasteiger charge is -2.42. The number of anilines is 1. The second kappa shape index (κ2) is 11.3. The Morgan fingerprint density at radius 3 is 2.51 bits per heavy atom. The minimum atomic E-state index is -1.25. The summed E-state index contributed by atoms with van der Waals surface area (Å²) in [5, 5.41) is 21.2. The number of carboxylic acid groups (broad SMARTS) is 1. The Morgan fingerprint density at radius 1 is 1.22 bits per heavy atom. The Balaban J connectivity index is 1.63. The number of thiophene rings is 1. The van der Waals surface area contributed by atoms with E-state index in [1.54, 1.807) is 11.0 Å². The van der Waals surface area contributed by atoms with E-state index in [-0.39, 0.29) is 34.3 Å². The number of ether oxygens (including phenoxy) is 2. The molecule has 7 nitrogen and oxygen atoms in total. The van der Waals surface area contributed by atoms with Gasteiger partial charge in [0.2, 0.25) is 5.91 Å². The van der Waals surface area contributed by atoms with Gasteiger partial charge in [-0.3, -0.25) is 4.79 Å².